The molecule has 0 saturated heterocycles. The maximum Gasteiger partial charge on any atom is 0.336 e. The highest BCUT2D eigenvalue weighted by atomic mass is 16.6. The average Bonchev–Trinajstić information content (AvgIpc) is 2.99. The van der Waals surface area contributed by atoms with E-state index in [1.165, 1.54) is 51.4 Å². The Morgan fingerprint density at radius 3 is 1.29 bits per heavy atom. The molecule has 2 unspecified atom stereocenters. The molecule has 0 aliphatic carbocycles. The number of carbonyl (C=O) groups is 3. The zero-order valence-corrected chi connectivity index (χ0v) is 33.2. The third-order valence-electron chi connectivity index (χ3n) is 10.3. The van der Waals surface area contributed by atoms with Gasteiger partial charge in [0.25, 0.3) is 0 Å². The van der Waals surface area contributed by atoms with E-state index in [1.54, 1.807) is 0 Å². The van der Waals surface area contributed by atoms with Gasteiger partial charge in [-0.2, -0.15) is 0 Å². The summed E-state index contributed by atoms with van der Waals surface area (Å²) in [6.07, 6.45) is 24.3. The van der Waals surface area contributed by atoms with E-state index in [0.717, 1.165) is 103 Å². The van der Waals surface area contributed by atoms with Crippen molar-refractivity contribution < 1.29 is 34.4 Å². The van der Waals surface area contributed by atoms with Gasteiger partial charge in [-0.15, -0.1) is 0 Å². The first-order valence-electron chi connectivity index (χ1n) is 20.6. The zero-order chi connectivity index (χ0) is 37.1. The van der Waals surface area contributed by atoms with Gasteiger partial charge in [-0.1, -0.05) is 164 Å². The van der Waals surface area contributed by atoms with Gasteiger partial charge in [0, 0.05) is 0 Å². The number of esters is 1. The lowest BCUT2D eigenvalue weighted by Gasteiger charge is -2.42. The number of rotatable bonds is 34. The molecule has 7 nitrogen and oxygen atoms in total. The molecule has 0 aliphatic heterocycles. The number of unbranched alkanes of at least 4 members (excludes halogenated alkanes) is 13. The summed E-state index contributed by atoms with van der Waals surface area (Å²) in [4.78, 5) is 37.2. The van der Waals surface area contributed by atoms with Crippen LogP contribution >= 0.6 is 0 Å². The van der Waals surface area contributed by atoms with Crippen LogP contribution in [0.1, 0.15) is 215 Å². The van der Waals surface area contributed by atoms with E-state index in [0.29, 0.717) is 17.8 Å². The Balaban J connectivity index is 6.37. The molecule has 0 fully saturated rings. The van der Waals surface area contributed by atoms with E-state index in [9.17, 15) is 29.7 Å². The van der Waals surface area contributed by atoms with E-state index < -0.39 is 42.0 Å². The molecule has 0 bridgehead atoms. The van der Waals surface area contributed by atoms with Crippen LogP contribution < -0.4 is 0 Å². The summed E-state index contributed by atoms with van der Waals surface area (Å²) < 4.78 is 6.55. The van der Waals surface area contributed by atoms with Gasteiger partial charge in [0.05, 0.1) is 12.8 Å². The molecule has 0 heterocycles. The second-order valence-electron chi connectivity index (χ2n) is 16.6. The van der Waals surface area contributed by atoms with Crippen LogP contribution in [0.3, 0.4) is 0 Å². The standard InChI is InChI=1S/C42H80O7/c1-8-9-10-11-12-13-14-21-28-37(29-22-15-18-25-34(2)3)42(30-23-16-19-26-35(4)5,31-24-17-20-27-36(6)7)49-39(45)33-41(48,40(46)47)32-38(43)44/h34-37,48H,8-33H2,1-7H3,(H,43,44)(H,46,47). The highest BCUT2D eigenvalue weighted by Crippen LogP contribution is 2.41. The first-order valence-corrected chi connectivity index (χ1v) is 20.6. The van der Waals surface area contributed by atoms with Crippen LogP contribution in [0.2, 0.25) is 0 Å². The fourth-order valence-electron chi connectivity index (χ4n) is 7.31. The van der Waals surface area contributed by atoms with E-state index in [4.69, 9.17) is 4.74 Å². The summed E-state index contributed by atoms with van der Waals surface area (Å²) in [6.45, 7) is 15.7. The molecule has 0 rings (SSSR count). The number of hydrogen-bond donors (Lipinski definition) is 3. The van der Waals surface area contributed by atoms with Crippen molar-refractivity contribution in [3.05, 3.63) is 0 Å². The van der Waals surface area contributed by atoms with Gasteiger partial charge >= 0.3 is 17.9 Å². The molecule has 0 amide bonds. The third kappa shape index (κ3) is 24.2. The van der Waals surface area contributed by atoms with Crippen molar-refractivity contribution in [1.29, 1.82) is 0 Å². The molecule has 49 heavy (non-hydrogen) atoms. The highest BCUT2D eigenvalue weighted by Gasteiger charge is 2.45. The largest absolute Gasteiger partial charge is 0.481 e. The molecule has 0 spiro atoms. The second-order valence-corrected chi connectivity index (χ2v) is 16.6. The van der Waals surface area contributed by atoms with Crippen molar-refractivity contribution in [3.8, 4) is 0 Å². The van der Waals surface area contributed by atoms with Gasteiger partial charge in [-0.3, -0.25) is 9.59 Å². The molecular formula is C42H80O7. The lowest BCUT2D eigenvalue weighted by Crippen LogP contribution is -2.47. The summed E-state index contributed by atoms with van der Waals surface area (Å²) in [5, 5.41) is 29.9. The third-order valence-corrected chi connectivity index (χ3v) is 10.3. The predicted molar refractivity (Wildman–Crippen MR) is 203 cm³/mol. The molecule has 0 aliphatic rings. The number of carbonyl (C=O) groups excluding carboxylic acids is 1. The number of ether oxygens (including phenoxy) is 1. The maximum atomic E-state index is 13.7. The molecule has 0 aromatic carbocycles. The highest BCUT2D eigenvalue weighted by molar-refractivity contribution is 5.88. The SMILES string of the molecule is CCCCCCCCCCC(CCCCCC(C)C)C(CCCCCC(C)C)(CCCCCC(C)C)OC(=O)CC(O)(CC(=O)O)C(=O)O. The van der Waals surface area contributed by atoms with Gasteiger partial charge in [-0.25, -0.2) is 4.79 Å². The summed E-state index contributed by atoms with van der Waals surface area (Å²) in [5.41, 5.74) is -3.46. The zero-order valence-electron chi connectivity index (χ0n) is 33.2. The lowest BCUT2D eigenvalue weighted by atomic mass is 9.73. The van der Waals surface area contributed by atoms with Crippen LogP contribution in [0.25, 0.3) is 0 Å². The smallest absolute Gasteiger partial charge is 0.336 e. The van der Waals surface area contributed by atoms with Gasteiger partial charge in [0.2, 0.25) is 0 Å². The summed E-state index contributed by atoms with van der Waals surface area (Å²) in [5.74, 6) is -1.89. The van der Waals surface area contributed by atoms with Crippen molar-refractivity contribution in [3.63, 3.8) is 0 Å². The van der Waals surface area contributed by atoms with Crippen molar-refractivity contribution in [1.82, 2.24) is 0 Å². The van der Waals surface area contributed by atoms with Crippen LogP contribution in [0, 0.1) is 23.7 Å². The minimum Gasteiger partial charge on any atom is -0.481 e. The second kappa shape index (κ2) is 28.0. The summed E-state index contributed by atoms with van der Waals surface area (Å²) in [6, 6.07) is 0. The van der Waals surface area contributed by atoms with Gasteiger partial charge in [0.1, 0.15) is 5.60 Å². The Bertz CT molecular complexity index is 834. The van der Waals surface area contributed by atoms with Crippen molar-refractivity contribution >= 4 is 17.9 Å². The number of carboxylic acid groups (broad SMARTS) is 2. The molecule has 0 saturated carbocycles. The van der Waals surface area contributed by atoms with Gasteiger partial charge < -0.3 is 20.1 Å². The topological polar surface area (TPSA) is 121 Å². The molecular weight excluding hydrogens is 616 g/mol. The summed E-state index contributed by atoms with van der Waals surface area (Å²) in [7, 11) is 0. The fourth-order valence-corrected chi connectivity index (χ4v) is 7.31. The number of carboxylic acids is 2. The Morgan fingerprint density at radius 1 is 0.531 bits per heavy atom. The summed E-state index contributed by atoms with van der Waals surface area (Å²) >= 11 is 0. The van der Waals surface area contributed by atoms with E-state index in [2.05, 4.69) is 48.5 Å². The molecule has 2 atom stereocenters. The molecule has 290 valence electrons. The average molecular weight is 697 g/mol. The van der Waals surface area contributed by atoms with Crippen LogP contribution in [-0.4, -0.2) is 44.4 Å². The van der Waals surface area contributed by atoms with E-state index >= 15 is 0 Å². The molecule has 3 N–H and O–H groups in total. The molecule has 7 heteroatoms. The van der Waals surface area contributed by atoms with Crippen LogP contribution in [-0.2, 0) is 19.1 Å². The van der Waals surface area contributed by atoms with Crippen LogP contribution in [0.5, 0.6) is 0 Å². The maximum absolute atomic E-state index is 13.7. The van der Waals surface area contributed by atoms with Crippen molar-refractivity contribution in [2.24, 2.45) is 23.7 Å². The monoisotopic (exact) mass is 697 g/mol. The first-order chi connectivity index (χ1) is 23.2. The number of aliphatic hydroxyl groups is 1. The normalized spacial score (nSPS) is 14.0. The first kappa shape index (κ1) is 47.4. The predicted octanol–water partition coefficient (Wildman–Crippen LogP) is 11.9. The van der Waals surface area contributed by atoms with E-state index in [1.807, 2.05) is 0 Å². The molecule has 0 aromatic rings. The Kier molecular flexibility index (Phi) is 27.1. The Labute approximate surface area is 302 Å². The lowest BCUT2D eigenvalue weighted by molar-refractivity contribution is -0.184. The quantitative estimate of drug-likeness (QED) is 0.0452. The number of hydrogen-bond acceptors (Lipinski definition) is 5. The molecule has 0 radical (unpaired) electrons. The molecule has 0 aromatic heterocycles. The van der Waals surface area contributed by atoms with Gasteiger partial charge in [0.15, 0.2) is 5.60 Å². The fraction of sp³-hybridized carbons (Fsp3) is 0.929. The Hall–Kier alpha value is -1.63. The van der Waals surface area contributed by atoms with Crippen LogP contribution in [0.4, 0.5) is 0 Å². The van der Waals surface area contributed by atoms with Crippen molar-refractivity contribution in [2.75, 3.05) is 0 Å². The Morgan fingerprint density at radius 2 is 0.898 bits per heavy atom. The minimum absolute atomic E-state index is 0.142. The van der Waals surface area contributed by atoms with E-state index in [-0.39, 0.29) is 5.92 Å². The van der Waals surface area contributed by atoms with Gasteiger partial charge in [-0.05, 0) is 62.2 Å². The van der Waals surface area contributed by atoms with Crippen molar-refractivity contribution in [2.45, 2.75) is 227 Å². The number of aliphatic carboxylic acids is 2. The minimum atomic E-state index is -2.70. The van der Waals surface area contributed by atoms with Crippen LogP contribution in [0.15, 0.2) is 0 Å².